The summed E-state index contributed by atoms with van der Waals surface area (Å²) in [5, 5.41) is 6.19. The molecule has 3 nitrogen and oxygen atoms in total. The van der Waals surface area contributed by atoms with Crippen LogP contribution in [0.1, 0.15) is 19.3 Å². The molecule has 0 saturated carbocycles. The third-order valence-corrected chi connectivity index (χ3v) is 2.45. The van der Waals surface area contributed by atoms with Gasteiger partial charge in [0.1, 0.15) is 0 Å². The SMILES string of the molecule is CNC#CCCCCN1CCNCC1. The van der Waals surface area contributed by atoms with Crippen LogP contribution in [-0.2, 0) is 0 Å². The van der Waals surface area contributed by atoms with Gasteiger partial charge < -0.3 is 15.5 Å². The minimum atomic E-state index is 1.02. The molecule has 0 unspecified atom stereocenters. The highest BCUT2D eigenvalue weighted by atomic mass is 15.2. The van der Waals surface area contributed by atoms with Crippen LogP contribution in [0.3, 0.4) is 0 Å². The Morgan fingerprint density at radius 3 is 2.79 bits per heavy atom. The molecule has 0 atom stereocenters. The zero-order chi connectivity index (χ0) is 10.1. The molecule has 0 aromatic carbocycles. The average Bonchev–Trinajstić information content (AvgIpc) is 2.25. The van der Waals surface area contributed by atoms with Crippen LogP contribution in [0.5, 0.6) is 0 Å². The van der Waals surface area contributed by atoms with Gasteiger partial charge in [0.25, 0.3) is 0 Å². The van der Waals surface area contributed by atoms with Crippen LogP contribution in [0.15, 0.2) is 0 Å². The molecule has 3 heteroatoms. The second-order valence-electron chi connectivity index (χ2n) is 3.60. The van der Waals surface area contributed by atoms with Crippen molar-refractivity contribution in [1.29, 1.82) is 0 Å². The molecule has 1 aliphatic heterocycles. The van der Waals surface area contributed by atoms with Crippen LogP contribution in [-0.4, -0.2) is 44.7 Å². The quantitative estimate of drug-likeness (QED) is 0.382. The standard InChI is InChI=1S/C11H21N3/c1-12-6-4-2-3-5-9-14-10-7-13-8-11-14/h12-13H,2-3,5,7-11H2,1H3. The molecule has 0 bridgehead atoms. The normalized spacial score (nSPS) is 17.2. The first kappa shape index (κ1) is 11.4. The topological polar surface area (TPSA) is 27.3 Å². The smallest absolute Gasteiger partial charge is 0.0116 e. The van der Waals surface area contributed by atoms with E-state index in [1.165, 1.54) is 32.5 Å². The Morgan fingerprint density at radius 1 is 1.29 bits per heavy atom. The largest absolute Gasteiger partial charge is 0.349 e. The molecule has 0 aliphatic carbocycles. The van der Waals surface area contributed by atoms with Crippen molar-refractivity contribution in [2.24, 2.45) is 0 Å². The van der Waals surface area contributed by atoms with Crippen molar-refractivity contribution in [1.82, 2.24) is 15.5 Å². The van der Waals surface area contributed by atoms with Crippen molar-refractivity contribution in [3.8, 4) is 12.0 Å². The van der Waals surface area contributed by atoms with E-state index in [-0.39, 0.29) is 0 Å². The molecular formula is C11H21N3. The molecule has 1 saturated heterocycles. The van der Waals surface area contributed by atoms with Crippen LogP contribution in [0.4, 0.5) is 0 Å². The molecule has 0 amide bonds. The Kier molecular flexibility index (Phi) is 6.21. The number of unbranched alkanes of at least 4 members (excludes halogenated alkanes) is 2. The Hall–Kier alpha value is -0.720. The monoisotopic (exact) mass is 195 g/mol. The van der Waals surface area contributed by atoms with E-state index in [1.54, 1.807) is 0 Å². The third-order valence-electron chi connectivity index (χ3n) is 2.45. The van der Waals surface area contributed by atoms with Gasteiger partial charge in [-0.1, -0.05) is 5.92 Å². The summed E-state index contributed by atoms with van der Waals surface area (Å²) in [7, 11) is 1.85. The van der Waals surface area contributed by atoms with Gasteiger partial charge in [0.05, 0.1) is 0 Å². The molecule has 2 N–H and O–H groups in total. The van der Waals surface area contributed by atoms with Gasteiger partial charge in [-0.25, -0.2) is 0 Å². The van der Waals surface area contributed by atoms with Gasteiger partial charge in [0.2, 0.25) is 0 Å². The predicted octanol–water partition coefficient (Wildman–Crippen LogP) is 0.242. The van der Waals surface area contributed by atoms with Crippen LogP contribution in [0.25, 0.3) is 0 Å². The van der Waals surface area contributed by atoms with E-state index in [0.29, 0.717) is 0 Å². The summed E-state index contributed by atoms with van der Waals surface area (Å²) < 4.78 is 0. The van der Waals surface area contributed by atoms with Gasteiger partial charge in [-0.3, -0.25) is 0 Å². The Morgan fingerprint density at radius 2 is 2.07 bits per heavy atom. The van der Waals surface area contributed by atoms with Gasteiger partial charge in [-0.05, 0) is 19.4 Å². The van der Waals surface area contributed by atoms with Crippen molar-refractivity contribution >= 4 is 0 Å². The van der Waals surface area contributed by atoms with Crippen molar-refractivity contribution in [2.75, 3.05) is 39.8 Å². The lowest BCUT2D eigenvalue weighted by atomic mass is 10.2. The van der Waals surface area contributed by atoms with Gasteiger partial charge in [-0.15, -0.1) is 0 Å². The van der Waals surface area contributed by atoms with E-state index in [1.807, 2.05) is 7.05 Å². The van der Waals surface area contributed by atoms with Crippen LogP contribution < -0.4 is 10.6 Å². The molecule has 0 aromatic rings. The number of rotatable bonds is 4. The highest BCUT2D eigenvalue weighted by Gasteiger charge is 2.07. The maximum Gasteiger partial charge on any atom is 0.0116 e. The minimum absolute atomic E-state index is 1.02. The predicted molar refractivity (Wildman–Crippen MR) is 60.0 cm³/mol. The maximum atomic E-state index is 3.36. The van der Waals surface area contributed by atoms with Crippen molar-refractivity contribution in [2.45, 2.75) is 19.3 Å². The first-order valence-electron chi connectivity index (χ1n) is 5.51. The first-order valence-corrected chi connectivity index (χ1v) is 5.51. The molecule has 0 spiro atoms. The average molecular weight is 195 g/mol. The summed E-state index contributed by atoms with van der Waals surface area (Å²) in [6.07, 6.45) is 3.52. The summed E-state index contributed by atoms with van der Waals surface area (Å²) >= 11 is 0. The van der Waals surface area contributed by atoms with Gasteiger partial charge >= 0.3 is 0 Å². The maximum absolute atomic E-state index is 3.36. The highest BCUT2D eigenvalue weighted by Crippen LogP contribution is 1.99. The minimum Gasteiger partial charge on any atom is -0.349 e. The molecule has 0 aromatic heterocycles. The first-order chi connectivity index (χ1) is 6.93. The fraction of sp³-hybridized carbons (Fsp3) is 0.818. The van der Waals surface area contributed by atoms with E-state index in [4.69, 9.17) is 0 Å². The molecule has 80 valence electrons. The lowest BCUT2D eigenvalue weighted by Crippen LogP contribution is -2.43. The summed E-state index contributed by atoms with van der Waals surface area (Å²) in [5.41, 5.74) is 0. The summed E-state index contributed by atoms with van der Waals surface area (Å²) in [4.78, 5) is 2.53. The van der Waals surface area contributed by atoms with Gasteiger partial charge in [0.15, 0.2) is 0 Å². The molecule has 1 fully saturated rings. The van der Waals surface area contributed by atoms with E-state index in [9.17, 15) is 0 Å². The van der Waals surface area contributed by atoms with Crippen molar-refractivity contribution in [3.05, 3.63) is 0 Å². The summed E-state index contributed by atoms with van der Waals surface area (Å²) in [6.45, 7) is 5.96. The van der Waals surface area contributed by atoms with Crippen molar-refractivity contribution in [3.63, 3.8) is 0 Å². The number of hydrogen-bond acceptors (Lipinski definition) is 3. The summed E-state index contributed by atoms with van der Waals surface area (Å²) in [5.74, 6) is 3.08. The van der Waals surface area contributed by atoms with Crippen LogP contribution in [0.2, 0.25) is 0 Å². The Bertz CT molecular complexity index is 186. The Balaban J connectivity index is 1.92. The Labute approximate surface area is 87.2 Å². The number of hydrogen-bond donors (Lipinski definition) is 2. The lowest BCUT2D eigenvalue weighted by molar-refractivity contribution is 0.237. The number of nitrogens with one attached hydrogen (secondary N) is 2. The summed E-state index contributed by atoms with van der Waals surface area (Å²) in [6, 6.07) is 2.86. The van der Waals surface area contributed by atoms with E-state index in [2.05, 4.69) is 27.5 Å². The van der Waals surface area contributed by atoms with E-state index >= 15 is 0 Å². The lowest BCUT2D eigenvalue weighted by Gasteiger charge is -2.26. The van der Waals surface area contributed by atoms with Gasteiger partial charge in [0, 0.05) is 45.7 Å². The molecule has 1 heterocycles. The molecule has 1 aliphatic rings. The zero-order valence-electron chi connectivity index (χ0n) is 9.10. The second-order valence-corrected chi connectivity index (χ2v) is 3.60. The van der Waals surface area contributed by atoms with E-state index < -0.39 is 0 Å². The second kappa shape index (κ2) is 7.66. The number of piperazine rings is 1. The van der Waals surface area contributed by atoms with Crippen LogP contribution in [0, 0.1) is 12.0 Å². The molecule has 0 radical (unpaired) electrons. The highest BCUT2D eigenvalue weighted by molar-refractivity contribution is 4.95. The van der Waals surface area contributed by atoms with E-state index in [0.717, 1.165) is 19.5 Å². The molecule has 14 heavy (non-hydrogen) atoms. The van der Waals surface area contributed by atoms with Crippen LogP contribution >= 0.6 is 0 Å². The molecular weight excluding hydrogens is 174 g/mol. The third kappa shape index (κ3) is 5.11. The molecule has 1 rings (SSSR count). The van der Waals surface area contributed by atoms with Gasteiger partial charge in [-0.2, -0.15) is 0 Å². The number of nitrogens with zero attached hydrogens (tertiary/aromatic N) is 1. The zero-order valence-corrected chi connectivity index (χ0v) is 9.10. The fourth-order valence-corrected chi connectivity index (χ4v) is 1.63. The fourth-order valence-electron chi connectivity index (χ4n) is 1.63. The van der Waals surface area contributed by atoms with Crippen molar-refractivity contribution < 1.29 is 0 Å².